The molecule has 3 rings (SSSR count). The van der Waals surface area contributed by atoms with E-state index >= 15 is 0 Å². The summed E-state index contributed by atoms with van der Waals surface area (Å²) < 4.78 is 6.97. The fourth-order valence-electron chi connectivity index (χ4n) is 3.16. The van der Waals surface area contributed by atoms with Gasteiger partial charge in [-0.05, 0) is 36.5 Å². The number of piperidine rings is 1. The highest BCUT2D eigenvalue weighted by Gasteiger charge is 2.23. The van der Waals surface area contributed by atoms with Crippen LogP contribution in [0.5, 0.6) is 5.75 Å². The molecule has 0 saturated carbocycles. The van der Waals surface area contributed by atoms with Crippen LogP contribution in [0.15, 0.2) is 30.5 Å². The minimum Gasteiger partial charge on any atom is -0.497 e. The first-order valence-corrected chi connectivity index (χ1v) is 8.83. The average Bonchev–Trinajstić information content (AvgIpc) is 3.14. The lowest BCUT2D eigenvalue weighted by atomic mass is 9.97. The lowest BCUT2D eigenvalue weighted by Gasteiger charge is -2.31. The maximum Gasteiger partial charge on any atom is 0.317 e. The number of aliphatic hydroxyl groups is 1. The van der Waals surface area contributed by atoms with E-state index < -0.39 is 0 Å². The second-order valence-electron chi connectivity index (χ2n) is 6.53. The molecule has 0 radical (unpaired) electrons. The van der Waals surface area contributed by atoms with E-state index in [9.17, 15) is 4.79 Å². The van der Waals surface area contributed by atoms with Crippen LogP contribution in [0.1, 0.15) is 24.1 Å². The fourth-order valence-corrected chi connectivity index (χ4v) is 3.16. The van der Waals surface area contributed by atoms with Gasteiger partial charge < -0.3 is 20.1 Å². The summed E-state index contributed by atoms with van der Waals surface area (Å²) >= 11 is 0. The van der Waals surface area contributed by atoms with Crippen LogP contribution < -0.4 is 10.1 Å². The highest BCUT2D eigenvalue weighted by molar-refractivity contribution is 5.74. The van der Waals surface area contributed by atoms with Gasteiger partial charge in [0.2, 0.25) is 0 Å². The summed E-state index contributed by atoms with van der Waals surface area (Å²) in [5.41, 5.74) is 1.60. The number of likely N-dealkylation sites (tertiary alicyclic amines) is 1. The number of benzene rings is 1. The Morgan fingerprint density at radius 3 is 2.88 bits per heavy atom. The third kappa shape index (κ3) is 4.72. The number of nitrogens with one attached hydrogen (secondary N) is 1. The molecule has 8 nitrogen and oxygen atoms in total. The zero-order valence-electron chi connectivity index (χ0n) is 15.0. The maximum absolute atomic E-state index is 12.4. The molecule has 26 heavy (non-hydrogen) atoms. The Labute approximate surface area is 152 Å². The smallest absolute Gasteiger partial charge is 0.317 e. The number of hydrogen-bond donors (Lipinski definition) is 2. The molecule has 1 aromatic carbocycles. The van der Waals surface area contributed by atoms with Gasteiger partial charge in [0, 0.05) is 26.2 Å². The Balaban J connectivity index is 1.42. The summed E-state index contributed by atoms with van der Waals surface area (Å²) in [4.78, 5) is 14.2. The van der Waals surface area contributed by atoms with E-state index in [0.29, 0.717) is 18.2 Å². The van der Waals surface area contributed by atoms with Crippen molar-refractivity contribution in [1.82, 2.24) is 25.2 Å². The minimum atomic E-state index is -0.0914. The number of ether oxygens (including phenoxy) is 1. The van der Waals surface area contributed by atoms with Gasteiger partial charge in [0.1, 0.15) is 11.4 Å². The van der Waals surface area contributed by atoms with Gasteiger partial charge in [0.25, 0.3) is 0 Å². The molecule has 0 bridgehead atoms. The third-order valence-corrected chi connectivity index (χ3v) is 4.67. The first kappa shape index (κ1) is 18.2. The van der Waals surface area contributed by atoms with Crippen LogP contribution in [0.3, 0.4) is 0 Å². The van der Waals surface area contributed by atoms with Crippen molar-refractivity contribution in [3.63, 3.8) is 0 Å². The summed E-state index contributed by atoms with van der Waals surface area (Å²) in [6.45, 7) is 2.63. The molecule has 0 aliphatic carbocycles. The summed E-state index contributed by atoms with van der Waals surface area (Å²) in [6.07, 6.45) is 3.63. The van der Waals surface area contributed by atoms with Crippen LogP contribution in [-0.2, 0) is 19.7 Å². The van der Waals surface area contributed by atoms with Gasteiger partial charge in [-0.3, -0.25) is 4.68 Å². The first-order chi connectivity index (χ1) is 12.7. The van der Waals surface area contributed by atoms with E-state index in [-0.39, 0.29) is 12.6 Å². The van der Waals surface area contributed by atoms with Gasteiger partial charge in [-0.25, -0.2) is 4.79 Å². The molecule has 0 spiro atoms. The monoisotopic (exact) mass is 359 g/mol. The van der Waals surface area contributed by atoms with Crippen molar-refractivity contribution in [1.29, 1.82) is 0 Å². The second kappa shape index (κ2) is 8.66. The lowest BCUT2D eigenvalue weighted by Crippen LogP contribution is -2.44. The van der Waals surface area contributed by atoms with Crippen molar-refractivity contribution in [2.24, 2.45) is 5.92 Å². The standard InChI is InChI=1S/C18H25N5O3/c1-26-17-4-2-3-15(9-17)10-19-18(25)22-7-5-14(6-8-22)11-23-12-16(13-24)20-21-23/h2-4,9,12,14,24H,5-8,10-11,13H2,1H3,(H,19,25). The van der Waals surface area contributed by atoms with Crippen LogP contribution in [-0.4, -0.2) is 51.2 Å². The summed E-state index contributed by atoms with van der Waals surface area (Å²) in [6, 6.07) is 7.65. The van der Waals surface area contributed by atoms with E-state index in [0.717, 1.165) is 43.8 Å². The zero-order chi connectivity index (χ0) is 18.4. The molecule has 1 aliphatic heterocycles. The molecule has 0 atom stereocenters. The molecule has 1 aliphatic rings. The van der Waals surface area contributed by atoms with Crippen LogP contribution in [0, 0.1) is 5.92 Å². The Morgan fingerprint density at radius 2 is 2.19 bits per heavy atom. The molecule has 1 fully saturated rings. The normalized spacial score (nSPS) is 15.1. The van der Waals surface area contributed by atoms with E-state index in [4.69, 9.17) is 9.84 Å². The van der Waals surface area contributed by atoms with E-state index in [1.165, 1.54) is 0 Å². The summed E-state index contributed by atoms with van der Waals surface area (Å²) in [5, 5.41) is 19.9. The van der Waals surface area contributed by atoms with Crippen LogP contribution in [0.4, 0.5) is 4.79 Å². The predicted octanol–water partition coefficient (Wildman–Crippen LogP) is 1.40. The Bertz CT molecular complexity index is 725. The van der Waals surface area contributed by atoms with E-state index in [2.05, 4.69) is 15.6 Å². The summed E-state index contributed by atoms with van der Waals surface area (Å²) in [7, 11) is 1.63. The molecule has 8 heteroatoms. The minimum absolute atomic E-state index is 0.0328. The number of amides is 2. The predicted molar refractivity (Wildman–Crippen MR) is 95.5 cm³/mol. The Hall–Kier alpha value is -2.61. The van der Waals surface area contributed by atoms with E-state index in [1.54, 1.807) is 18.0 Å². The molecule has 1 saturated heterocycles. The van der Waals surface area contributed by atoms with Crippen LogP contribution >= 0.6 is 0 Å². The Kier molecular flexibility index (Phi) is 6.06. The number of aliphatic hydroxyl groups excluding tert-OH is 1. The average molecular weight is 359 g/mol. The van der Waals surface area contributed by atoms with Gasteiger partial charge >= 0.3 is 6.03 Å². The molecule has 1 aromatic heterocycles. The van der Waals surface area contributed by atoms with Crippen molar-refractivity contribution < 1.29 is 14.6 Å². The number of rotatable bonds is 6. The molecule has 2 aromatic rings. The highest BCUT2D eigenvalue weighted by Crippen LogP contribution is 2.19. The molecular weight excluding hydrogens is 334 g/mol. The molecule has 0 unspecified atom stereocenters. The SMILES string of the molecule is COc1cccc(CNC(=O)N2CCC(Cn3cc(CO)nn3)CC2)c1. The van der Waals surface area contributed by atoms with E-state index in [1.807, 2.05) is 29.2 Å². The number of aromatic nitrogens is 3. The first-order valence-electron chi connectivity index (χ1n) is 8.83. The fraction of sp³-hybridized carbons (Fsp3) is 0.500. The highest BCUT2D eigenvalue weighted by atomic mass is 16.5. The van der Waals surface area contributed by atoms with Gasteiger partial charge in [-0.15, -0.1) is 5.10 Å². The van der Waals surface area contributed by atoms with Crippen LogP contribution in [0.2, 0.25) is 0 Å². The second-order valence-corrected chi connectivity index (χ2v) is 6.53. The van der Waals surface area contributed by atoms with Crippen molar-refractivity contribution in [3.8, 4) is 5.75 Å². The maximum atomic E-state index is 12.4. The molecule has 2 N–H and O–H groups in total. The molecule has 140 valence electrons. The third-order valence-electron chi connectivity index (χ3n) is 4.67. The number of urea groups is 1. The van der Waals surface area contributed by atoms with Crippen molar-refractivity contribution >= 4 is 6.03 Å². The molecule has 2 amide bonds. The number of methoxy groups -OCH3 is 1. The van der Waals surface area contributed by atoms with Gasteiger partial charge in [0.15, 0.2) is 0 Å². The number of nitrogens with zero attached hydrogens (tertiary/aromatic N) is 4. The van der Waals surface area contributed by atoms with Crippen molar-refractivity contribution in [2.45, 2.75) is 32.5 Å². The zero-order valence-corrected chi connectivity index (χ0v) is 15.0. The number of carbonyl (C=O) groups is 1. The largest absolute Gasteiger partial charge is 0.497 e. The van der Waals surface area contributed by atoms with Crippen molar-refractivity contribution in [2.75, 3.05) is 20.2 Å². The van der Waals surface area contributed by atoms with Gasteiger partial charge in [-0.1, -0.05) is 17.3 Å². The quantitative estimate of drug-likeness (QED) is 0.813. The van der Waals surface area contributed by atoms with Crippen molar-refractivity contribution in [3.05, 3.63) is 41.7 Å². The summed E-state index contributed by atoms with van der Waals surface area (Å²) in [5.74, 6) is 1.25. The number of hydrogen-bond acceptors (Lipinski definition) is 5. The molecular formula is C18H25N5O3. The lowest BCUT2D eigenvalue weighted by molar-refractivity contribution is 0.163. The topological polar surface area (TPSA) is 92.5 Å². The molecule has 2 heterocycles. The Morgan fingerprint density at radius 1 is 1.38 bits per heavy atom. The van der Waals surface area contributed by atoms with Gasteiger partial charge in [0.05, 0.1) is 19.9 Å². The van der Waals surface area contributed by atoms with Gasteiger partial charge in [-0.2, -0.15) is 0 Å². The van der Waals surface area contributed by atoms with Crippen LogP contribution in [0.25, 0.3) is 0 Å². The number of carbonyl (C=O) groups excluding carboxylic acids is 1.